The van der Waals surface area contributed by atoms with Crippen LogP contribution in [0.3, 0.4) is 0 Å². The summed E-state index contributed by atoms with van der Waals surface area (Å²) >= 11 is 12.1. The third-order valence-corrected chi connectivity index (χ3v) is 5.82. The van der Waals surface area contributed by atoms with E-state index in [0.29, 0.717) is 16.0 Å². The Morgan fingerprint density at radius 2 is 1.71 bits per heavy atom. The molecule has 0 atom stereocenters. The first-order valence-corrected chi connectivity index (χ1v) is 10.0. The second-order valence-electron chi connectivity index (χ2n) is 6.98. The van der Waals surface area contributed by atoms with Gasteiger partial charge in [-0.15, -0.1) is 0 Å². The van der Waals surface area contributed by atoms with Crippen LogP contribution in [0.1, 0.15) is 24.2 Å². The number of benzene rings is 1. The molecule has 1 aliphatic heterocycles. The highest BCUT2D eigenvalue weighted by Gasteiger charge is 2.31. The molecule has 0 aliphatic carbocycles. The van der Waals surface area contributed by atoms with Gasteiger partial charge >= 0.3 is 6.18 Å². The first-order valence-electron chi connectivity index (χ1n) is 9.28. The van der Waals surface area contributed by atoms with Crippen molar-refractivity contribution in [3.63, 3.8) is 0 Å². The number of unbranched alkanes of at least 4 members (excludes halogenated alkanes) is 1. The standard InChI is InChI=1S/C19H23Cl2F3N4/c1-14-25-17(20)18(21)28(14)8-3-2-7-26-9-11-27(12-10-26)16-6-4-5-15(13-16)19(22,23)24/h4-6,13H,2-3,7-12H2,1H3. The average Bonchev–Trinajstić information content (AvgIpc) is 2.91. The molecule has 4 nitrogen and oxygen atoms in total. The van der Waals surface area contributed by atoms with Crippen molar-refractivity contribution in [2.75, 3.05) is 37.6 Å². The maximum Gasteiger partial charge on any atom is 0.416 e. The van der Waals surface area contributed by atoms with Gasteiger partial charge in [0.2, 0.25) is 0 Å². The van der Waals surface area contributed by atoms with Gasteiger partial charge in [0.05, 0.1) is 5.56 Å². The molecule has 0 spiro atoms. The molecule has 0 bridgehead atoms. The highest BCUT2D eigenvalue weighted by Crippen LogP contribution is 2.32. The molecule has 9 heteroatoms. The van der Waals surface area contributed by atoms with Crippen LogP contribution in [0.25, 0.3) is 0 Å². The Kier molecular flexibility index (Phi) is 6.78. The molecular formula is C19H23Cl2F3N4. The summed E-state index contributed by atoms with van der Waals surface area (Å²) < 4.78 is 40.6. The number of aromatic nitrogens is 2. The average molecular weight is 435 g/mol. The monoisotopic (exact) mass is 434 g/mol. The van der Waals surface area contributed by atoms with Gasteiger partial charge < -0.3 is 9.47 Å². The summed E-state index contributed by atoms with van der Waals surface area (Å²) in [5.41, 5.74) is 0.0394. The summed E-state index contributed by atoms with van der Waals surface area (Å²) in [5.74, 6) is 0.810. The zero-order valence-corrected chi connectivity index (χ0v) is 17.2. The van der Waals surface area contributed by atoms with E-state index in [1.54, 1.807) is 6.07 Å². The number of hydrogen-bond acceptors (Lipinski definition) is 3. The SMILES string of the molecule is Cc1nc(Cl)c(Cl)n1CCCCN1CCN(c2cccc(C(F)(F)F)c2)CC1. The number of hydrogen-bond donors (Lipinski definition) is 0. The Morgan fingerprint density at radius 1 is 1.04 bits per heavy atom. The summed E-state index contributed by atoms with van der Waals surface area (Å²) in [7, 11) is 0. The van der Waals surface area contributed by atoms with Crippen molar-refractivity contribution in [2.45, 2.75) is 32.5 Å². The quantitative estimate of drug-likeness (QED) is 0.589. The van der Waals surface area contributed by atoms with E-state index in [2.05, 4.69) is 9.88 Å². The minimum absolute atomic E-state index is 0.338. The number of anilines is 1. The smallest absolute Gasteiger partial charge is 0.369 e. The van der Waals surface area contributed by atoms with Crippen molar-refractivity contribution in [3.05, 3.63) is 46.0 Å². The lowest BCUT2D eigenvalue weighted by molar-refractivity contribution is -0.137. The molecule has 154 valence electrons. The van der Waals surface area contributed by atoms with Crippen LogP contribution in [0.4, 0.5) is 18.9 Å². The number of halogens is 5. The van der Waals surface area contributed by atoms with E-state index in [1.165, 1.54) is 12.1 Å². The molecule has 0 N–H and O–H groups in total. The first kappa shape index (κ1) is 21.3. The second kappa shape index (κ2) is 8.93. The van der Waals surface area contributed by atoms with Crippen LogP contribution in [-0.2, 0) is 12.7 Å². The lowest BCUT2D eigenvalue weighted by Crippen LogP contribution is -2.46. The fourth-order valence-electron chi connectivity index (χ4n) is 3.48. The molecule has 1 aromatic carbocycles. The van der Waals surface area contributed by atoms with Crippen molar-refractivity contribution in [2.24, 2.45) is 0 Å². The minimum atomic E-state index is -4.31. The molecule has 3 rings (SSSR count). The Morgan fingerprint density at radius 3 is 2.32 bits per heavy atom. The van der Waals surface area contributed by atoms with Gasteiger partial charge in [-0.3, -0.25) is 4.90 Å². The normalized spacial score (nSPS) is 16.0. The van der Waals surface area contributed by atoms with E-state index < -0.39 is 11.7 Å². The van der Waals surface area contributed by atoms with E-state index in [0.717, 1.165) is 64.0 Å². The molecule has 2 aromatic rings. The van der Waals surface area contributed by atoms with Crippen LogP contribution in [0, 0.1) is 6.92 Å². The fourth-order valence-corrected chi connectivity index (χ4v) is 3.95. The molecule has 1 saturated heterocycles. The van der Waals surface area contributed by atoms with E-state index in [-0.39, 0.29) is 0 Å². The van der Waals surface area contributed by atoms with E-state index in [9.17, 15) is 13.2 Å². The predicted molar refractivity (Wildman–Crippen MR) is 106 cm³/mol. The van der Waals surface area contributed by atoms with Crippen LogP contribution >= 0.6 is 23.2 Å². The Hall–Kier alpha value is -1.44. The maximum absolute atomic E-state index is 12.9. The zero-order chi connectivity index (χ0) is 20.3. The van der Waals surface area contributed by atoms with Gasteiger partial charge in [0.25, 0.3) is 0 Å². The summed E-state index contributed by atoms with van der Waals surface area (Å²) in [6, 6.07) is 5.56. The number of alkyl halides is 3. The molecule has 0 unspecified atom stereocenters. The molecule has 2 heterocycles. The third kappa shape index (κ3) is 5.13. The van der Waals surface area contributed by atoms with E-state index in [4.69, 9.17) is 23.2 Å². The largest absolute Gasteiger partial charge is 0.416 e. The summed E-state index contributed by atoms with van der Waals surface area (Å²) in [6.07, 6.45) is -2.34. The van der Waals surface area contributed by atoms with Crippen LogP contribution < -0.4 is 4.90 Å². The van der Waals surface area contributed by atoms with Gasteiger partial charge in [0.1, 0.15) is 11.0 Å². The lowest BCUT2D eigenvalue weighted by Gasteiger charge is -2.36. The molecule has 28 heavy (non-hydrogen) atoms. The van der Waals surface area contributed by atoms with Crippen molar-refractivity contribution in [3.8, 4) is 0 Å². The molecule has 0 amide bonds. The topological polar surface area (TPSA) is 24.3 Å². The van der Waals surface area contributed by atoms with E-state index >= 15 is 0 Å². The molecule has 1 aliphatic rings. The van der Waals surface area contributed by atoms with Gasteiger partial charge in [0.15, 0.2) is 5.15 Å². The molecule has 1 fully saturated rings. The summed E-state index contributed by atoms with van der Waals surface area (Å²) in [4.78, 5) is 8.51. The molecule has 1 aromatic heterocycles. The number of nitrogens with zero attached hydrogens (tertiary/aromatic N) is 4. The van der Waals surface area contributed by atoms with Gasteiger partial charge in [-0.05, 0) is 44.5 Å². The Balaban J connectivity index is 1.43. The summed E-state index contributed by atoms with van der Waals surface area (Å²) in [6.45, 7) is 6.74. The minimum Gasteiger partial charge on any atom is -0.369 e. The van der Waals surface area contributed by atoms with Crippen LogP contribution in [-0.4, -0.2) is 47.2 Å². The van der Waals surface area contributed by atoms with Gasteiger partial charge in [-0.2, -0.15) is 13.2 Å². The zero-order valence-electron chi connectivity index (χ0n) is 15.6. The van der Waals surface area contributed by atoms with Gasteiger partial charge in [0, 0.05) is 38.4 Å². The van der Waals surface area contributed by atoms with Gasteiger partial charge in [-0.1, -0.05) is 29.3 Å². The van der Waals surface area contributed by atoms with Crippen molar-refractivity contribution >= 4 is 28.9 Å². The lowest BCUT2D eigenvalue weighted by atomic mass is 10.1. The number of imidazole rings is 1. The Bertz CT molecular complexity index is 799. The summed E-state index contributed by atoms with van der Waals surface area (Å²) in [5, 5.41) is 0.818. The van der Waals surface area contributed by atoms with Gasteiger partial charge in [-0.25, -0.2) is 4.98 Å². The highest BCUT2D eigenvalue weighted by molar-refractivity contribution is 6.40. The van der Waals surface area contributed by atoms with Crippen LogP contribution in [0.2, 0.25) is 10.3 Å². The predicted octanol–water partition coefficient (Wildman–Crippen LogP) is 5.12. The number of rotatable bonds is 6. The third-order valence-electron chi connectivity index (χ3n) is 5.07. The maximum atomic E-state index is 12.9. The fraction of sp³-hybridized carbons (Fsp3) is 0.526. The van der Waals surface area contributed by atoms with Crippen LogP contribution in [0.5, 0.6) is 0 Å². The molecular weight excluding hydrogens is 412 g/mol. The molecule has 0 radical (unpaired) electrons. The first-order chi connectivity index (χ1) is 13.3. The van der Waals surface area contributed by atoms with Crippen LogP contribution in [0.15, 0.2) is 24.3 Å². The van der Waals surface area contributed by atoms with E-state index in [1.807, 2.05) is 16.4 Å². The number of aryl methyl sites for hydroxylation is 1. The van der Waals surface area contributed by atoms with Crippen molar-refractivity contribution in [1.82, 2.24) is 14.5 Å². The van der Waals surface area contributed by atoms with Crippen molar-refractivity contribution < 1.29 is 13.2 Å². The Labute approximate surface area is 172 Å². The number of piperazine rings is 1. The van der Waals surface area contributed by atoms with Crippen molar-refractivity contribution in [1.29, 1.82) is 0 Å². The highest BCUT2D eigenvalue weighted by atomic mass is 35.5. The second-order valence-corrected chi connectivity index (χ2v) is 7.69. The molecule has 0 saturated carbocycles.